The average molecular weight is 399 g/mol. The molecule has 0 saturated carbocycles. The van der Waals surface area contributed by atoms with Gasteiger partial charge >= 0.3 is 0 Å². The molecule has 0 aliphatic carbocycles. The second-order valence-corrected chi connectivity index (χ2v) is 8.99. The number of hydrogen-bond donors (Lipinski definition) is 0. The molecule has 25 heavy (non-hydrogen) atoms. The van der Waals surface area contributed by atoms with E-state index in [-0.39, 0.29) is 0 Å². The van der Waals surface area contributed by atoms with E-state index < -0.39 is 10.0 Å². The molecule has 4 nitrogen and oxygen atoms in total. The van der Waals surface area contributed by atoms with Crippen molar-refractivity contribution in [1.29, 1.82) is 0 Å². The summed E-state index contributed by atoms with van der Waals surface area (Å²) in [6.07, 6.45) is 0. The second-order valence-electron chi connectivity index (χ2n) is 6.24. The summed E-state index contributed by atoms with van der Waals surface area (Å²) in [7, 11) is -3.50. The van der Waals surface area contributed by atoms with Crippen LogP contribution in [0.4, 0.5) is 5.69 Å². The predicted octanol–water partition coefficient (Wildman–Crippen LogP) is 4.12. The van der Waals surface area contributed by atoms with Gasteiger partial charge in [0.25, 0.3) is 0 Å². The molecule has 1 aliphatic rings. The molecule has 0 aromatic heterocycles. The maximum atomic E-state index is 12.8. The highest BCUT2D eigenvalue weighted by molar-refractivity contribution is 7.89. The maximum Gasteiger partial charge on any atom is 0.243 e. The first-order valence-electron chi connectivity index (χ1n) is 8.06. The van der Waals surface area contributed by atoms with Gasteiger partial charge in [-0.25, -0.2) is 8.42 Å². The number of anilines is 1. The zero-order valence-corrected chi connectivity index (χ0v) is 16.5. The topological polar surface area (TPSA) is 40.6 Å². The fraction of sp³-hybridized carbons (Fsp3) is 0.333. The van der Waals surface area contributed by atoms with Gasteiger partial charge in [0.05, 0.1) is 4.90 Å². The van der Waals surface area contributed by atoms with Crippen molar-refractivity contribution in [2.45, 2.75) is 18.7 Å². The Balaban J connectivity index is 1.74. The lowest BCUT2D eigenvalue weighted by molar-refractivity contribution is 0.385. The first kappa shape index (κ1) is 18.5. The van der Waals surface area contributed by atoms with Gasteiger partial charge in [-0.2, -0.15) is 4.31 Å². The van der Waals surface area contributed by atoms with Crippen LogP contribution in [0.3, 0.4) is 0 Å². The molecule has 134 valence electrons. The van der Waals surface area contributed by atoms with Crippen molar-refractivity contribution < 1.29 is 8.42 Å². The summed E-state index contributed by atoms with van der Waals surface area (Å²) in [6.45, 7) is 5.91. The number of piperazine rings is 1. The van der Waals surface area contributed by atoms with Gasteiger partial charge in [0, 0.05) is 41.9 Å². The Morgan fingerprint density at radius 1 is 0.840 bits per heavy atom. The van der Waals surface area contributed by atoms with E-state index in [4.69, 9.17) is 23.2 Å². The number of hydrogen-bond acceptors (Lipinski definition) is 3. The van der Waals surface area contributed by atoms with E-state index >= 15 is 0 Å². The van der Waals surface area contributed by atoms with Gasteiger partial charge in [-0.15, -0.1) is 0 Å². The highest BCUT2D eigenvalue weighted by Gasteiger charge is 2.29. The van der Waals surface area contributed by atoms with Crippen LogP contribution in [-0.4, -0.2) is 38.9 Å². The number of halogens is 2. The summed E-state index contributed by atoms with van der Waals surface area (Å²) in [5.74, 6) is 0. The van der Waals surface area contributed by atoms with Crippen LogP contribution in [0.2, 0.25) is 10.0 Å². The largest absolute Gasteiger partial charge is 0.369 e. The lowest BCUT2D eigenvalue weighted by Crippen LogP contribution is -2.48. The van der Waals surface area contributed by atoms with E-state index in [1.54, 1.807) is 25.1 Å². The molecule has 1 heterocycles. The third-order valence-electron chi connectivity index (χ3n) is 4.53. The molecule has 2 aromatic rings. The normalized spacial score (nSPS) is 16.2. The Morgan fingerprint density at radius 3 is 2.12 bits per heavy atom. The van der Waals surface area contributed by atoms with Gasteiger partial charge in [-0.1, -0.05) is 29.3 Å². The van der Waals surface area contributed by atoms with Crippen molar-refractivity contribution in [2.75, 3.05) is 31.1 Å². The Morgan fingerprint density at radius 2 is 1.52 bits per heavy atom. The summed E-state index contributed by atoms with van der Waals surface area (Å²) in [5.41, 5.74) is 2.82. The summed E-state index contributed by atoms with van der Waals surface area (Å²) in [6, 6.07) is 10.8. The smallest absolute Gasteiger partial charge is 0.243 e. The Bertz CT molecular complexity index is 892. The summed E-state index contributed by atoms with van der Waals surface area (Å²) >= 11 is 12.2. The minimum absolute atomic E-state index is 0.293. The van der Waals surface area contributed by atoms with Crippen LogP contribution in [-0.2, 0) is 10.0 Å². The van der Waals surface area contributed by atoms with E-state index in [2.05, 4.69) is 4.90 Å². The molecule has 3 rings (SSSR count). The fourth-order valence-corrected chi connectivity index (χ4v) is 4.69. The van der Waals surface area contributed by atoms with Gasteiger partial charge in [0.1, 0.15) is 0 Å². The van der Waals surface area contributed by atoms with Crippen molar-refractivity contribution in [3.63, 3.8) is 0 Å². The van der Waals surface area contributed by atoms with Crippen LogP contribution in [0.5, 0.6) is 0 Å². The van der Waals surface area contributed by atoms with Crippen molar-refractivity contribution in [3.05, 3.63) is 57.6 Å². The van der Waals surface area contributed by atoms with E-state index in [1.165, 1.54) is 4.31 Å². The minimum Gasteiger partial charge on any atom is -0.369 e. The molecule has 0 atom stereocenters. The SMILES string of the molecule is Cc1cc(S(=O)(=O)N2CCN(c3ccc(C)c(Cl)c3)CC2)ccc1Cl. The molecule has 1 aliphatic heterocycles. The molecule has 7 heteroatoms. The Labute approximate surface area is 159 Å². The first-order valence-corrected chi connectivity index (χ1v) is 10.3. The molecule has 1 fully saturated rings. The zero-order chi connectivity index (χ0) is 18.2. The second kappa shape index (κ2) is 7.16. The van der Waals surface area contributed by atoms with Gasteiger partial charge in [0.2, 0.25) is 10.0 Å². The quantitative estimate of drug-likeness (QED) is 0.780. The number of sulfonamides is 1. The van der Waals surface area contributed by atoms with Crippen molar-refractivity contribution in [3.8, 4) is 0 Å². The van der Waals surface area contributed by atoms with Crippen LogP contribution in [0.15, 0.2) is 41.3 Å². The van der Waals surface area contributed by atoms with Crippen LogP contribution in [0.25, 0.3) is 0 Å². The van der Waals surface area contributed by atoms with Crippen LogP contribution >= 0.6 is 23.2 Å². The third kappa shape index (κ3) is 3.80. The van der Waals surface area contributed by atoms with Crippen LogP contribution in [0.1, 0.15) is 11.1 Å². The molecule has 2 aromatic carbocycles. The molecule has 0 amide bonds. The number of rotatable bonds is 3. The van der Waals surface area contributed by atoms with E-state index in [1.807, 2.05) is 25.1 Å². The number of aryl methyl sites for hydroxylation is 2. The Hall–Kier alpha value is -1.27. The average Bonchev–Trinajstić information content (AvgIpc) is 2.60. The fourth-order valence-electron chi connectivity index (χ4n) is 2.89. The molecular formula is C18H20Cl2N2O2S. The Kier molecular flexibility index (Phi) is 5.30. The van der Waals surface area contributed by atoms with Gasteiger partial charge in [-0.3, -0.25) is 0 Å². The zero-order valence-electron chi connectivity index (χ0n) is 14.2. The highest BCUT2D eigenvalue weighted by Crippen LogP contribution is 2.26. The predicted molar refractivity (Wildman–Crippen MR) is 103 cm³/mol. The standard InChI is InChI=1S/C18H20Cl2N2O2S/c1-13-3-4-15(12-18(13)20)21-7-9-22(10-8-21)25(23,24)16-5-6-17(19)14(2)11-16/h3-6,11-12H,7-10H2,1-2H3. The summed E-state index contributed by atoms with van der Waals surface area (Å²) in [4.78, 5) is 2.45. The monoisotopic (exact) mass is 398 g/mol. The number of nitrogens with zero attached hydrogens (tertiary/aromatic N) is 2. The van der Waals surface area contributed by atoms with Gasteiger partial charge in [-0.05, 0) is 55.3 Å². The molecule has 0 spiro atoms. The van der Waals surface area contributed by atoms with Crippen molar-refractivity contribution in [1.82, 2.24) is 4.31 Å². The van der Waals surface area contributed by atoms with E-state index in [9.17, 15) is 8.42 Å². The summed E-state index contributed by atoms with van der Waals surface area (Å²) in [5, 5.41) is 1.30. The molecular weight excluding hydrogens is 379 g/mol. The van der Waals surface area contributed by atoms with E-state index in [0.29, 0.717) is 36.1 Å². The van der Waals surface area contributed by atoms with Crippen LogP contribution in [0, 0.1) is 13.8 Å². The third-order valence-corrected chi connectivity index (χ3v) is 7.25. The van der Waals surface area contributed by atoms with E-state index in [0.717, 1.165) is 21.8 Å². The van der Waals surface area contributed by atoms with Gasteiger partial charge < -0.3 is 4.90 Å². The lowest BCUT2D eigenvalue weighted by atomic mass is 10.2. The first-order chi connectivity index (χ1) is 11.8. The van der Waals surface area contributed by atoms with Crippen molar-refractivity contribution in [2.24, 2.45) is 0 Å². The minimum atomic E-state index is -3.50. The maximum absolute atomic E-state index is 12.8. The molecule has 0 N–H and O–H groups in total. The van der Waals surface area contributed by atoms with Gasteiger partial charge in [0.15, 0.2) is 0 Å². The van der Waals surface area contributed by atoms with Crippen molar-refractivity contribution >= 4 is 38.9 Å². The molecule has 0 bridgehead atoms. The molecule has 1 saturated heterocycles. The molecule has 0 unspecified atom stereocenters. The molecule has 0 radical (unpaired) electrons. The highest BCUT2D eigenvalue weighted by atomic mass is 35.5. The number of benzene rings is 2. The van der Waals surface area contributed by atoms with Crippen LogP contribution < -0.4 is 4.90 Å². The summed E-state index contributed by atoms with van der Waals surface area (Å²) < 4.78 is 27.2. The lowest BCUT2D eigenvalue weighted by Gasteiger charge is -2.35.